The summed E-state index contributed by atoms with van der Waals surface area (Å²) < 4.78 is 0. The van der Waals surface area contributed by atoms with Crippen LogP contribution in [-0.2, 0) is 9.59 Å². The zero-order valence-electron chi connectivity index (χ0n) is 18.7. The maximum atomic E-state index is 12.7. The van der Waals surface area contributed by atoms with Gasteiger partial charge in [0.2, 0.25) is 11.8 Å². The monoisotopic (exact) mass is 423 g/mol. The van der Waals surface area contributed by atoms with Crippen molar-refractivity contribution in [3.8, 4) is 0 Å². The van der Waals surface area contributed by atoms with Gasteiger partial charge in [0.25, 0.3) is 0 Å². The van der Waals surface area contributed by atoms with Crippen LogP contribution < -0.4 is 5.32 Å². The molecule has 0 spiro atoms. The summed E-state index contributed by atoms with van der Waals surface area (Å²) in [5.74, 6) is 0.584. The van der Waals surface area contributed by atoms with Gasteiger partial charge in [0.1, 0.15) is 0 Å². The number of hydrogen-bond donors (Lipinski definition) is 1. The van der Waals surface area contributed by atoms with Crippen molar-refractivity contribution in [2.24, 2.45) is 5.92 Å². The standard InChI is InChI=1S/C26H37N3O2/c30-25(12-11-21-7-3-1-4-8-21)29-19-15-24(16-20-29)28-17-13-22(14-18-28)26(31)27-23-9-5-2-6-10-23/h1,3-4,7-8,11-12,22-24H,2,5-6,9-10,13-20H2,(H,27,31)/b12-11+. The number of carbonyl (C=O) groups is 2. The zero-order chi connectivity index (χ0) is 21.5. The highest BCUT2D eigenvalue weighted by Crippen LogP contribution is 2.25. The molecule has 2 heterocycles. The van der Waals surface area contributed by atoms with E-state index in [-0.39, 0.29) is 17.7 Å². The van der Waals surface area contributed by atoms with Crippen LogP contribution in [0.15, 0.2) is 36.4 Å². The molecule has 0 aromatic heterocycles. The number of hydrogen-bond acceptors (Lipinski definition) is 3. The fraction of sp³-hybridized carbons (Fsp3) is 0.615. The molecule has 0 radical (unpaired) electrons. The fourth-order valence-corrected chi connectivity index (χ4v) is 5.38. The molecule has 0 bridgehead atoms. The van der Waals surface area contributed by atoms with Gasteiger partial charge < -0.3 is 15.1 Å². The van der Waals surface area contributed by atoms with E-state index in [2.05, 4.69) is 10.2 Å². The van der Waals surface area contributed by atoms with Gasteiger partial charge in [-0.05, 0) is 63.3 Å². The Kier molecular flexibility index (Phi) is 7.79. The van der Waals surface area contributed by atoms with Gasteiger partial charge in [-0.15, -0.1) is 0 Å². The van der Waals surface area contributed by atoms with E-state index in [0.717, 1.165) is 70.3 Å². The highest BCUT2D eigenvalue weighted by atomic mass is 16.2. The number of carbonyl (C=O) groups excluding carboxylic acids is 2. The average Bonchev–Trinajstić information content (AvgIpc) is 2.84. The molecular weight excluding hydrogens is 386 g/mol. The molecule has 1 N–H and O–H groups in total. The van der Waals surface area contributed by atoms with Gasteiger partial charge in [0, 0.05) is 37.2 Å². The Bertz CT molecular complexity index is 741. The van der Waals surface area contributed by atoms with Crippen molar-refractivity contribution in [2.75, 3.05) is 26.2 Å². The van der Waals surface area contributed by atoms with Crippen LogP contribution in [0.2, 0.25) is 0 Å². The van der Waals surface area contributed by atoms with Gasteiger partial charge >= 0.3 is 0 Å². The summed E-state index contributed by atoms with van der Waals surface area (Å²) in [4.78, 5) is 29.7. The van der Waals surface area contributed by atoms with Crippen molar-refractivity contribution in [1.82, 2.24) is 15.1 Å². The van der Waals surface area contributed by atoms with Crippen LogP contribution >= 0.6 is 0 Å². The lowest BCUT2D eigenvalue weighted by molar-refractivity contribution is -0.129. The first-order chi connectivity index (χ1) is 15.2. The van der Waals surface area contributed by atoms with Gasteiger partial charge in [-0.1, -0.05) is 49.6 Å². The molecule has 2 aliphatic heterocycles. The summed E-state index contributed by atoms with van der Waals surface area (Å²) in [6, 6.07) is 10.9. The highest BCUT2D eigenvalue weighted by molar-refractivity contribution is 5.91. The molecule has 5 nitrogen and oxygen atoms in total. The fourth-order valence-electron chi connectivity index (χ4n) is 5.38. The molecular formula is C26H37N3O2. The summed E-state index contributed by atoms with van der Waals surface area (Å²) in [6.07, 6.45) is 13.7. The lowest BCUT2D eigenvalue weighted by Gasteiger charge is -2.41. The molecule has 3 aliphatic rings. The Hall–Kier alpha value is -2.14. The SMILES string of the molecule is O=C(NC1CCCCC1)C1CCN(C2CCN(C(=O)/C=C/c3ccccc3)CC2)CC1. The van der Waals surface area contributed by atoms with Crippen molar-refractivity contribution >= 4 is 17.9 Å². The second kappa shape index (κ2) is 10.9. The molecule has 2 amide bonds. The predicted octanol–water partition coefficient (Wildman–Crippen LogP) is 3.85. The largest absolute Gasteiger partial charge is 0.353 e. The minimum atomic E-state index is 0.111. The maximum absolute atomic E-state index is 12.7. The average molecular weight is 424 g/mol. The first kappa shape index (κ1) is 22.1. The lowest BCUT2D eigenvalue weighted by atomic mass is 9.91. The molecule has 3 fully saturated rings. The highest BCUT2D eigenvalue weighted by Gasteiger charge is 2.32. The summed E-state index contributed by atoms with van der Waals surface area (Å²) >= 11 is 0. The van der Waals surface area contributed by atoms with E-state index in [0.29, 0.717) is 12.1 Å². The van der Waals surface area contributed by atoms with Gasteiger partial charge in [0.15, 0.2) is 0 Å². The van der Waals surface area contributed by atoms with Crippen LogP contribution in [0.5, 0.6) is 0 Å². The van der Waals surface area contributed by atoms with Crippen LogP contribution in [0.3, 0.4) is 0 Å². The quantitative estimate of drug-likeness (QED) is 0.732. The van der Waals surface area contributed by atoms with E-state index in [1.807, 2.05) is 41.3 Å². The first-order valence-corrected chi connectivity index (χ1v) is 12.3. The number of nitrogens with zero attached hydrogens (tertiary/aromatic N) is 2. The Morgan fingerprint density at radius 1 is 0.839 bits per heavy atom. The number of amides is 2. The molecule has 1 aliphatic carbocycles. The molecule has 1 aromatic rings. The number of nitrogens with one attached hydrogen (secondary N) is 1. The molecule has 1 aromatic carbocycles. The predicted molar refractivity (Wildman–Crippen MR) is 124 cm³/mol. The van der Waals surface area contributed by atoms with E-state index in [4.69, 9.17) is 0 Å². The van der Waals surface area contributed by atoms with E-state index >= 15 is 0 Å². The van der Waals surface area contributed by atoms with Crippen LogP contribution in [0.1, 0.15) is 63.4 Å². The second-order valence-corrected chi connectivity index (χ2v) is 9.45. The molecule has 0 atom stereocenters. The third kappa shape index (κ3) is 6.19. The first-order valence-electron chi connectivity index (χ1n) is 12.3. The topological polar surface area (TPSA) is 52.7 Å². The van der Waals surface area contributed by atoms with Crippen molar-refractivity contribution in [2.45, 2.75) is 69.9 Å². The third-order valence-electron chi connectivity index (χ3n) is 7.36. The lowest BCUT2D eigenvalue weighted by Crippen LogP contribution is -2.50. The third-order valence-corrected chi connectivity index (χ3v) is 7.36. The van der Waals surface area contributed by atoms with Gasteiger partial charge in [0.05, 0.1) is 0 Å². The summed E-state index contributed by atoms with van der Waals surface area (Å²) in [5, 5.41) is 3.32. The molecule has 4 rings (SSSR count). The van der Waals surface area contributed by atoms with Crippen LogP contribution in [0.25, 0.3) is 6.08 Å². The Balaban J connectivity index is 1.17. The summed E-state index contributed by atoms with van der Waals surface area (Å²) in [5.41, 5.74) is 1.06. The summed E-state index contributed by atoms with van der Waals surface area (Å²) in [6.45, 7) is 3.67. The van der Waals surface area contributed by atoms with Crippen LogP contribution in [-0.4, -0.2) is 59.9 Å². The Morgan fingerprint density at radius 2 is 1.52 bits per heavy atom. The number of piperidine rings is 2. The van der Waals surface area contributed by atoms with Crippen molar-refractivity contribution in [1.29, 1.82) is 0 Å². The van der Waals surface area contributed by atoms with E-state index in [9.17, 15) is 9.59 Å². The minimum absolute atomic E-state index is 0.111. The van der Waals surface area contributed by atoms with E-state index in [1.54, 1.807) is 6.08 Å². The van der Waals surface area contributed by atoms with Crippen molar-refractivity contribution in [3.63, 3.8) is 0 Å². The molecule has 1 saturated carbocycles. The van der Waals surface area contributed by atoms with Crippen LogP contribution in [0.4, 0.5) is 0 Å². The van der Waals surface area contributed by atoms with Crippen molar-refractivity contribution in [3.05, 3.63) is 42.0 Å². The number of rotatable bonds is 5. The molecule has 2 saturated heterocycles. The maximum Gasteiger partial charge on any atom is 0.246 e. The van der Waals surface area contributed by atoms with Gasteiger partial charge in [-0.25, -0.2) is 0 Å². The summed E-state index contributed by atoms with van der Waals surface area (Å²) in [7, 11) is 0. The molecule has 168 valence electrons. The number of likely N-dealkylation sites (tertiary alicyclic amines) is 2. The smallest absolute Gasteiger partial charge is 0.246 e. The second-order valence-electron chi connectivity index (χ2n) is 9.45. The zero-order valence-corrected chi connectivity index (χ0v) is 18.7. The van der Waals surface area contributed by atoms with Crippen LogP contribution in [0, 0.1) is 5.92 Å². The molecule has 31 heavy (non-hydrogen) atoms. The van der Waals surface area contributed by atoms with E-state index < -0.39 is 0 Å². The number of benzene rings is 1. The normalized spacial score (nSPS) is 22.6. The molecule has 0 unspecified atom stereocenters. The van der Waals surface area contributed by atoms with Gasteiger partial charge in [-0.3, -0.25) is 9.59 Å². The Morgan fingerprint density at radius 3 is 2.19 bits per heavy atom. The minimum Gasteiger partial charge on any atom is -0.353 e. The van der Waals surface area contributed by atoms with E-state index in [1.165, 1.54) is 19.3 Å². The van der Waals surface area contributed by atoms with Crippen molar-refractivity contribution < 1.29 is 9.59 Å². The van der Waals surface area contributed by atoms with Gasteiger partial charge in [-0.2, -0.15) is 0 Å². The molecule has 5 heteroatoms. The Labute approximate surface area is 186 Å².